The minimum atomic E-state index is -0.663. The van der Waals surface area contributed by atoms with E-state index in [0.717, 1.165) is 18.4 Å². The molecule has 1 amide bonds. The van der Waals surface area contributed by atoms with Crippen molar-refractivity contribution in [3.8, 4) is 0 Å². The number of hydrogen-bond acceptors (Lipinski definition) is 2. The second kappa shape index (κ2) is 5.45. The lowest BCUT2D eigenvalue weighted by molar-refractivity contribution is -0.128. The van der Waals surface area contributed by atoms with Gasteiger partial charge in [0.1, 0.15) is 5.60 Å². The molecule has 0 aromatic heterocycles. The van der Waals surface area contributed by atoms with E-state index in [1.54, 1.807) is 19.3 Å². The number of hydrogen-bond donors (Lipinski definition) is 0. The second-order valence-corrected chi connectivity index (χ2v) is 5.87. The first-order valence-corrected chi connectivity index (χ1v) is 6.34. The van der Waals surface area contributed by atoms with Crippen LogP contribution in [0.1, 0.15) is 41.0 Å². The molecule has 0 saturated carbocycles. The highest BCUT2D eigenvalue weighted by Gasteiger charge is 2.40. The molecule has 1 aliphatic heterocycles. The Morgan fingerprint density at radius 1 is 1.44 bits per heavy atom. The molecule has 2 N–H and O–H groups in total. The summed E-state index contributed by atoms with van der Waals surface area (Å²) in [5.41, 5.74) is -0.0970. The maximum Gasteiger partial charge on any atom is 0.326 e. The molecule has 1 heterocycles. The van der Waals surface area contributed by atoms with Crippen LogP contribution in [-0.2, 0) is 9.45 Å². The maximum atomic E-state index is 11.2. The van der Waals surface area contributed by atoms with E-state index < -0.39 is 11.2 Å². The molecule has 0 aromatic carbocycles. The lowest BCUT2D eigenvalue weighted by Gasteiger charge is -2.34. The van der Waals surface area contributed by atoms with Crippen LogP contribution in [0.4, 0.5) is 0 Å². The van der Waals surface area contributed by atoms with E-state index in [0.29, 0.717) is 6.54 Å². The van der Waals surface area contributed by atoms with E-state index >= 15 is 0 Å². The van der Waals surface area contributed by atoms with Crippen LogP contribution in [0.15, 0.2) is 11.5 Å². The molecule has 0 aliphatic carbocycles. The molecule has 1 rings (SSSR count). The molecule has 1 aliphatic rings. The number of nitrogens with zero attached hydrogens (tertiary/aromatic N) is 1. The van der Waals surface area contributed by atoms with Gasteiger partial charge in [0.05, 0.1) is 0 Å². The van der Waals surface area contributed by atoms with Crippen LogP contribution in [0.5, 0.6) is 0 Å². The van der Waals surface area contributed by atoms with Gasteiger partial charge in [-0.25, -0.2) is 0 Å². The molecule has 5 heteroatoms. The minimum absolute atomic E-state index is 0.110. The zero-order valence-corrected chi connectivity index (χ0v) is 12.0. The topological polar surface area (TPSA) is 52.4 Å². The van der Waals surface area contributed by atoms with Crippen molar-refractivity contribution in [3.63, 3.8) is 0 Å². The zero-order valence-electron chi connectivity index (χ0n) is 12.0. The van der Waals surface area contributed by atoms with Crippen molar-refractivity contribution in [2.75, 3.05) is 13.1 Å². The molecule has 4 nitrogen and oxygen atoms in total. The molecule has 18 heavy (non-hydrogen) atoms. The lowest BCUT2D eigenvalue weighted by atomic mass is 9.79. The standard InChI is InChI=1S/C13H23BNO3/c1-10(16)15-8-6-11(7-9-15)14-18-13(4,5)12(2,3)17/h6,17H,7-9H2,1-5H3/p+1. The van der Waals surface area contributed by atoms with Gasteiger partial charge in [-0.05, 0) is 20.3 Å². The van der Waals surface area contributed by atoms with Crippen LogP contribution in [0.2, 0.25) is 0 Å². The van der Waals surface area contributed by atoms with E-state index in [-0.39, 0.29) is 5.91 Å². The monoisotopic (exact) mass is 253 g/mol. The van der Waals surface area contributed by atoms with Crippen molar-refractivity contribution in [3.05, 3.63) is 11.5 Å². The van der Waals surface area contributed by atoms with Crippen molar-refractivity contribution in [1.82, 2.24) is 4.90 Å². The van der Waals surface area contributed by atoms with E-state index in [2.05, 4.69) is 0 Å². The third-order valence-corrected chi connectivity index (χ3v) is 3.70. The van der Waals surface area contributed by atoms with Crippen molar-refractivity contribution in [1.29, 1.82) is 0 Å². The number of carbonyl (C=O) groups is 1. The van der Waals surface area contributed by atoms with Gasteiger partial charge in [-0.3, -0.25) is 4.79 Å². The third kappa shape index (κ3) is 3.85. The van der Waals surface area contributed by atoms with Gasteiger partial charge in [0.2, 0.25) is 5.91 Å². The smallest absolute Gasteiger partial charge is 0.326 e. The molecule has 0 unspecified atom stereocenters. The van der Waals surface area contributed by atoms with Crippen LogP contribution in [0, 0.1) is 0 Å². The van der Waals surface area contributed by atoms with Crippen LogP contribution in [0.25, 0.3) is 0 Å². The van der Waals surface area contributed by atoms with Crippen LogP contribution >= 0.6 is 0 Å². The molecular weight excluding hydrogens is 229 g/mol. The lowest BCUT2D eigenvalue weighted by Crippen LogP contribution is -2.48. The van der Waals surface area contributed by atoms with Crippen molar-refractivity contribution >= 4 is 13.4 Å². The molecule has 0 spiro atoms. The van der Waals surface area contributed by atoms with E-state index in [1.165, 1.54) is 0 Å². The number of amides is 1. The number of rotatable bonds is 4. The largest absolute Gasteiger partial charge is 0.439 e. The van der Waals surface area contributed by atoms with Gasteiger partial charge in [-0.1, -0.05) is 11.5 Å². The first-order valence-electron chi connectivity index (χ1n) is 6.34. The highest BCUT2D eigenvalue weighted by Crippen LogP contribution is 2.25. The molecular formula is C13H24BNO3+. The molecule has 1 radical (unpaired) electrons. The fourth-order valence-corrected chi connectivity index (χ4v) is 1.45. The van der Waals surface area contributed by atoms with Crippen molar-refractivity contribution < 1.29 is 14.6 Å². The predicted octanol–water partition coefficient (Wildman–Crippen LogP) is 1.04. The molecule has 0 bridgehead atoms. The summed E-state index contributed by atoms with van der Waals surface area (Å²) in [6.07, 6.45) is 2.83. The highest BCUT2D eigenvalue weighted by atomic mass is 16.5. The van der Waals surface area contributed by atoms with Crippen molar-refractivity contribution in [2.24, 2.45) is 0 Å². The van der Waals surface area contributed by atoms with Gasteiger partial charge in [-0.15, -0.1) is 0 Å². The zero-order chi connectivity index (χ0) is 14.0. The van der Waals surface area contributed by atoms with E-state index in [4.69, 9.17) is 9.76 Å². The SMILES string of the molecule is CC(=O)N1CC=C([B]OC(C)(C)C(C)(C)[OH2+])CC1. The Balaban J connectivity index is 2.49. The summed E-state index contributed by atoms with van der Waals surface area (Å²) < 4.78 is 5.74. The highest BCUT2D eigenvalue weighted by molar-refractivity contribution is 6.38. The molecule has 0 atom stereocenters. The first kappa shape index (κ1) is 15.3. The van der Waals surface area contributed by atoms with E-state index in [1.807, 2.05) is 33.8 Å². The number of carbonyl (C=O) groups excluding carboxylic acids is 1. The van der Waals surface area contributed by atoms with Crippen LogP contribution in [-0.4, -0.2) is 47.7 Å². The molecule has 0 saturated heterocycles. The average molecular weight is 253 g/mol. The Morgan fingerprint density at radius 3 is 2.44 bits per heavy atom. The Kier molecular flexibility index (Phi) is 4.62. The quantitative estimate of drug-likeness (QED) is 0.555. The Hall–Kier alpha value is -0.805. The van der Waals surface area contributed by atoms with Gasteiger partial charge in [-0.2, -0.15) is 0 Å². The van der Waals surface area contributed by atoms with Gasteiger partial charge >= 0.3 is 7.48 Å². The molecule has 0 fully saturated rings. The summed E-state index contributed by atoms with van der Waals surface area (Å²) in [5, 5.41) is 8.02. The van der Waals surface area contributed by atoms with Gasteiger partial charge in [0, 0.05) is 33.9 Å². The van der Waals surface area contributed by atoms with Gasteiger partial charge in [0.25, 0.3) is 0 Å². The second-order valence-electron chi connectivity index (χ2n) is 5.87. The van der Waals surface area contributed by atoms with Gasteiger partial charge < -0.3 is 14.7 Å². The summed E-state index contributed by atoms with van der Waals surface area (Å²) >= 11 is 0. The summed E-state index contributed by atoms with van der Waals surface area (Å²) in [6.45, 7) is 10.5. The van der Waals surface area contributed by atoms with Crippen LogP contribution < -0.4 is 0 Å². The Bertz CT molecular complexity index is 345. The molecule has 0 aromatic rings. The molecule has 101 valence electrons. The van der Waals surface area contributed by atoms with Crippen molar-refractivity contribution in [2.45, 2.75) is 52.2 Å². The van der Waals surface area contributed by atoms with Crippen LogP contribution in [0.3, 0.4) is 0 Å². The summed E-state index contributed by atoms with van der Waals surface area (Å²) in [6, 6.07) is 0. The fraction of sp³-hybridized carbons (Fsp3) is 0.769. The Morgan fingerprint density at radius 2 is 2.06 bits per heavy atom. The normalized spacial score (nSPS) is 17.4. The summed E-state index contributed by atoms with van der Waals surface area (Å²) in [5.74, 6) is 0.110. The van der Waals surface area contributed by atoms with E-state index in [9.17, 15) is 4.79 Å². The minimum Gasteiger partial charge on any atom is -0.439 e. The first-order chi connectivity index (χ1) is 8.13. The third-order valence-electron chi connectivity index (χ3n) is 3.70. The summed E-state index contributed by atoms with van der Waals surface area (Å²) in [4.78, 5) is 13.0. The average Bonchev–Trinajstić information content (AvgIpc) is 2.25. The maximum absolute atomic E-state index is 11.2. The predicted molar refractivity (Wildman–Crippen MR) is 73.6 cm³/mol. The fourth-order valence-electron chi connectivity index (χ4n) is 1.45. The Labute approximate surface area is 110 Å². The summed E-state index contributed by atoms with van der Waals surface area (Å²) in [7, 11) is 1.74. The van der Waals surface area contributed by atoms with Gasteiger partial charge in [0.15, 0.2) is 5.60 Å².